The summed E-state index contributed by atoms with van der Waals surface area (Å²) in [4.78, 5) is 16.9. The topological polar surface area (TPSA) is 85.8 Å². The Kier molecular flexibility index (Phi) is 5.20. The maximum atomic E-state index is 14.7. The molecule has 0 unspecified atom stereocenters. The molecule has 2 aromatic carbocycles. The molecule has 0 saturated carbocycles. The molecule has 0 amide bonds. The molecule has 30 heavy (non-hydrogen) atoms. The molecule has 0 fully saturated rings. The number of nitrogens with zero attached hydrogens (tertiary/aromatic N) is 5. The SMILES string of the molecule is C[C@@H](n1ncc2cc(Br)ccc2c1=O)[C@](O)(Cn1cncn1)c1ccc(F)cc1F. The fraction of sp³-hybridized carbons (Fsp3) is 0.200. The second-order valence-electron chi connectivity index (χ2n) is 6.94. The predicted octanol–water partition coefficient (Wildman–Crippen LogP) is 3.18. The molecule has 0 spiro atoms. The zero-order valence-electron chi connectivity index (χ0n) is 15.7. The smallest absolute Gasteiger partial charge is 0.274 e. The zero-order valence-corrected chi connectivity index (χ0v) is 17.3. The van der Waals surface area contributed by atoms with Gasteiger partial charge in [0.25, 0.3) is 5.56 Å². The highest BCUT2D eigenvalue weighted by molar-refractivity contribution is 9.10. The van der Waals surface area contributed by atoms with Crippen LogP contribution in [-0.4, -0.2) is 29.7 Å². The molecule has 0 saturated heterocycles. The number of aromatic nitrogens is 5. The highest BCUT2D eigenvalue weighted by Gasteiger charge is 2.41. The van der Waals surface area contributed by atoms with Crippen LogP contribution in [0.15, 0.2) is 64.5 Å². The molecule has 1 N–H and O–H groups in total. The number of rotatable bonds is 5. The average Bonchev–Trinajstić information content (AvgIpc) is 3.20. The van der Waals surface area contributed by atoms with Crippen molar-refractivity contribution in [3.63, 3.8) is 0 Å². The Morgan fingerprint density at radius 2 is 2.00 bits per heavy atom. The minimum absolute atomic E-state index is 0.184. The first kappa shape index (κ1) is 20.3. The monoisotopic (exact) mass is 475 g/mol. The zero-order chi connectivity index (χ0) is 21.5. The van der Waals surface area contributed by atoms with E-state index < -0.39 is 28.8 Å². The van der Waals surface area contributed by atoms with Gasteiger partial charge in [-0.2, -0.15) is 10.2 Å². The van der Waals surface area contributed by atoms with Crippen molar-refractivity contribution in [3.05, 3.63) is 87.3 Å². The van der Waals surface area contributed by atoms with Crippen molar-refractivity contribution >= 4 is 26.7 Å². The van der Waals surface area contributed by atoms with Crippen LogP contribution in [0.3, 0.4) is 0 Å². The molecule has 0 bridgehead atoms. The molecule has 2 heterocycles. The Bertz CT molecular complexity index is 1280. The normalized spacial score (nSPS) is 14.6. The molecular formula is C20H16BrF2N5O2. The first-order valence-electron chi connectivity index (χ1n) is 8.97. The van der Waals surface area contributed by atoms with E-state index in [0.717, 1.165) is 21.3 Å². The van der Waals surface area contributed by atoms with Crippen LogP contribution in [0.25, 0.3) is 10.8 Å². The lowest BCUT2D eigenvalue weighted by molar-refractivity contribution is -0.0382. The van der Waals surface area contributed by atoms with Gasteiger partial charge in [0.1, 0.15) is 29.9 Å². The summed E-state index contributed by atoms with van der Waals surface area (Å²) < 4.78 is 31.4. The van der Waals surface area contributed by atoms with Gasteiger partial charge in [-0.15, -0.1) is 0 Å². The molecule has 4 aromatic rings. The van der Waals surface area contributed by atoms with Crippen molar-refractivity contribution in [2.45, 2.75) is 25.1 Å². The van der Waals surface area contributed by atoms with Crippen LogP contribution in [0, 0.1) is 11.6 Å². The van der Waals surface area contributed by atoms with Gasteiger partial charge in [0.15, 0.2) is 0 Å². The van der Waals surface area contributed by atoms with Crippen molar-refractivity contribution in [1.82, 2.24) is 24.5 Å². The van der Waals surface area contributed by atoms with Crippen LogP contribution in [0.5, 0.6) is 0 Å². The van der Waals surface area contributed by atoms with E-state index in [4.69, 9.17) is 0 Å². The fourth-order valence-corrected chi connectivity index (χ4v) is 3.84. The van der Waals surface area contributed by atoms with Crippen LogP contribution >= 0.6 is 15.9 Å². The summed E-state index contributed by atoms with van der Waals surface area (Å²) in [7, 11) is 0. The first-order chi connectivity index (χ1) is 14.3. The van der Waals surface area contributed by atoms with E-state index in [-0.39, 0.29) is 12.1 Å². The summed E-state index contributed by atoms with van der Waals surface area (Å²) in [5, 5.41) is 20.8. The maximum Gasteiger partial charge on any atom is 0.274 e. The molecule has 0 radical (unpaired) electrons. The molecule has 0 aliphatic carbocycles. The molecular weight excluding hydrogens is 460 g/mol. The Morgan fingerprint density at radius 3 is 2.70 bits per heavy atom. The van der Waals surface area contributed by atoms with Crippen molar-refractivity contribution in [2.24, 2.45) is 0 Å². The van der Waals surface area contributed by atoms with Gasteiger partial charge in [-0.05, 0) is 31.2 Å². The first-order valence-corrected chi connectivity index (χ1v) is 9.76. The summed E-state index contributed by atoms with van der Waals surface area (Å²) in [6, 6.07) is 6.97. The van der Waals surface area contributed by atoms with Gasteiger partial charge in [-0.25, -0.2) is 23.1 Å². The average molecular weight is 476 g/mol. The Hall–Kier alpha value is -2.98. The third-order valence-electron chi connectivity index (χ3n) is 5.10. The van der Waals surface area contributed by atoms with Crippen LogP contribution in [0.1, 0.15) is 18.5 Å². The van der Waals surface area contributed by atoms with Crippen LogP contribution in [-0.2, 0) is 12.1 Å². The van der Waals surface area contributed by atoms with Crippen molar-refractivity contribution < 1.29 is 13.9 Å². The van der Waals surface area contributed by atoms with Gasteiger partial charge in [0.05, 0.1) is 24.2 Å². The van der Waals surface area contributed by atoms with Crippen LogP contribution in [0.2, 0.25) is 0 Å². The van der Waals surface area contributed by atoms with Gasteiger partial charge < -0.3 is 5.11 Å². The van der Waals surface area contributed by atoms with Crippen molar-refractivity contribution in [2.75, 3.05) is 0 Å². The van der Waals surface area contributed by atoms with E-state index in [9.17, 15) is 18.7 Å². The lowest BCUT2D eigenvalue weighted by atomic mass is 9.86. The molecule has 2 atom stereocenters. The number of hydrogen-bond acceptors (Lipinski definition) is 5. The Labute approximate surface area is 177 Å². The van der Waals surface area contributed by atoms with Crippen molar-refractivity contribution in [1.29, 1.82) is 0 Å². The molecule has 0 aliphatic rings. The minimum atomic E-state index is -1.98. The second-order valence-corrected chi connectivity index (χ2v) is 7.86. The number of aliphatic hydroxyl groups is 1. The number of fused-ring (bicyclic) bond motifs is 1. The lowest BCUT2D eigenvalue weighted by Crippen LogP contribution is -2.44. The molecule has 0 aliphatic heterocycles. The lowest BCUT2D eigenvalue weighted by Gasteiger charge is -2.35. The molecule has 154 valence electrons. The maximum absolute atomic E-state index is 14.7. The quantitative estimate of drug-likeness (QED) is 0.479. The van der Waals surface area contributed by atoms with E-state index >= 15 is 0 Å². The van der Waals surface area contributed by atoms with E-state index in [0.29, 0.717) is 16.8 Å². The third-order valence-corrected chi connectivity index (χ3v) is 5.59. The third kappa shape index (κ3) is 3.52. The summed E-state index contributed by atoms with van der Waals surface area (Å²) in [6.45, 7) is 1.31. The molecule has 7 nitrogen and oxygen atoms in total. The van der Waals surface area contributed by atoms with E-state index in [1.165, 1.54) is 23.5 Å². The largest absolute Gasteiger partial charge is 0.381 e. The Morgan fingerprint density at radius 1 is 1.20 bits per heavy atom. The summed E-state index contributed by atoms with van der Waals surface area (Å²) in [6.07, 6.45) is 4.12. The number of benzene rings is 2. The highest BCUT2D eigenvalue weighted by atomic mass is 79.9. The molecule has 10 heteroatoms. The summed E-state index contributed by atoms with van der Waals surface area (Å²) in [5.41, 5.74) is -2.62. The van der Waals surface area contributed by atoms with Gasteiger partial charge in [-0.1, -0.05) is 22.0 Å². The fourth-order valence-electron chi connectivity index (χ4n) is 3.46. The standard InChI is InChI=1S/C20H16BrF2N5O2/c1-12(28-19(29)16-4-2-14(21)6-13(16)8-25-28)20(30,9-27-11-24-10-26-27)17-5-3-15(22)7-18(17)23/h2-8,10-12,30H,9H2,1H3/t12-,20-/m1/s1. The van der Waals surface area contributed by atoms with E-state index in [1.807, 2.05) is 0 Å². The van der Waals surface area contributed by atoms with Gasteiger partial charge in [0, 0.05) is 21.5 Å². The van der Waals surface area contributed by atoms with Crippen LogP contribution in [0.4, 0.5) is 8.78 Å². The highest BCUT2D eigenvalue weighted by Crippen LogP contribution is 2.36. The van der Waals surface area contributed by atoms with Crippen molar-refractivity contribution in [3.8, 4) is 0 Å². The minimum Gasteiger partial charge on any atom is -0.381 e. The van der Waals surface area contributed by atoms with E-state index in [1.54, 1.807) is 25.1 Å². The van der Waals surface area contributed by atoms with Gasteiger partial charge >= 0.3 is 0 Å². The van der Waals surface area contributed by atoms with Crippen LogP contribution < -0.4 is 5.56 Å². The number of hydrogen-bond donors (Lipinski definition) is 1. The Balaban J connectivity index is 1.88. The number of halogens is 3. The second kappa shape index (κ2) is 7.69. The summed E-state index contributed by atoms with van der Waals surface area (Å²) >= 11 is 3.35. The molecule has 2 aromatic heterocycles. The van der Waals surface area contributed by atoms with E-state index in [2.05, 4.69) is 31.1 Å². The van der Waals surface area contributed by atoms with Gasteiger partial charge in [-0.3, -0.25) is 4.79 Å². The predicted molar refractivity (Wildman–Crippen MR) is 109 cm³/mol. The summed E-state index contributed by atoms with van der Waals surface area (Å²) in [5.74, 6) is -1.72. The van der Waals surface area contributed by atoms with Gasteiger partial charge in [0.2, 0.25) is 0 Å². The molecule has 4 rings (SSSR count).